The van der Waals surface area contributed by atoms with E-state index in [0.29, 0.717) is 24.3 Å². The lowest BCUT2D eigenvalue weighted by atomic mass is 9.99. The highest BCUT2D eigenvalue weighted by molar-refractivity contribution is 7.99. The van der Waals surface area contributed by atoms with Crippen molar-refractivity contribution in [3.63, 3.8) is 0 Å². The van der Waals surface area contributed by atoms with Crippen molar-refractivity contribution in [1.82, 2.24) is 20.9 Å². The van der Waals surface area contributed by atoms with E-state index in [9.17, 15) is 24.3 Å². The molecule has 4 rings (SSSR count). The monoisotopic (exact) mass is 648 g/mol. The van der Waals surface area contributed by atoms with Crippen molar-refractivity contribution >= 4 is 46.2 Å². The summed E-state index contributed by atoms with van der Waals surface area (Å²) in [7, 11) is 0. The molecule has 0 unspecified atom stereocenters. The molecule has 10 nitrogen and oxygen atoms in total. The van der Waals surface area contributed by atoms with E-state index in [-0.39, 0.29) is 24.8 Å². The van der Waals surface area contributed by atoms with E-state index in [1.54, 1.807) is 6.07 Å². The molecule has 1 saturated heterocycles. The van der Waals surface area contributed by atoms with Crippen molar-refractivity contribution in [3.8, 4) is 5.75 Å². The summed E-state index contributed by atoms with van der Waals surface area (Å²) < 4.78 is 5.82. The molecule has 11 heteroatoms. The number of aliphatic hydroxyl groups excluding tert-OH is 1. The second-order valence-corrected chi connectivity index (χ2v) is 13.5. The third-order valence-electron chi connectivity index (χ3n) is 7.56. The zero-order valence-corrected chi connectivity index (χ0v) is 27.6. The summed E-state index contributed by atoms with van der Waals surface area (Å²) >= 11 is 1.43. The maximum atomic E-state index is 13.7. The predicted molar refractivity (Wildman–Crippen MR) is 180 cm³/mol. The van der Waals surface area contributed by atoms with Gasteiger partial charge in [-0.2, -0.15) is 0 Å². The van der Waals surface area contributed by atoms with Crippen LogP contribution in [0.15, 0.2) is 72.8 Å². The van der Waals surface area contributed by atoms with Gasteiger partial charge in [0.05, 0.1) is 11.9 Å². The molecule has 0 saturated carbocycles. The lowest BCUT2D eigenvalue weighted by Gasteiger charge is -2.32. The van der Waals surface area contributed by atoms with E-state index in [1.807, 2.05) is 94.4 Å². The van der Waals surface area contributed by atoms with Crippen molar-refractivity contribution in [2.45, 2.75) is 76.7 Å². The highest BCUT2D eigenvalue weighted by atomic mass is 32.2. The molecule has 0 bridgehead atoms. The molecule has 1 aliphatic heterocycles. The Bertz CT molecular complexity index is 1510. The Hall–Kier alpha value is -4.09. The molecule has 1 fully saturated rings. The van der Waals surface area contributed by atoms with Gasteiger partial charge in [0, 0.05) is 16.7 Å². The molecule has 3 aromatic carbocycles. The van der Waals surface area contributed by atoms with Crippen LogP contribution >= 0.6 is 11.8 Å². The lowest BCUT2D eigenvalue weighted by Crippen LogP contribution is -2.59. The molecule has 4 N–H and O–H groups in total. The van der Waals surface area contributed by atoms with Crippen LogP contribution in [-0.4, -0.2) is 81.6 Å². The number of nitrogens with zero attached hydrogens (tertiary/aromatic N) is 1. The highest BCUT2D eigenvalue weighted by Gasteiger charge is 2.41. The summed E-state index contributed by atoms with van der Waals surface area (Å²) in [5.74, 6) is -0.718. The molecule has 0 aromatic heterocycles. The van der Waals surface area contributed by atoms with Crippen molar-refractivity contribution in [1.29, 1.82) is 0 Å². The minimum Gasteiger partial charge on any atom is -0.483 e. The van der Waals surface area contributed by atoms with Crippen LogP contribution in [0.1, 0.15) is 46.1 Å². The van der Waals surface area contributed by atoms with E-state index in [1.165, 1.54) is 16.7 Å². The molecular weight excluding hydrogens is 604 g/mol. The van der Waals surface area contributed by atoms with Gasteiger partial charge in [0.1, 0.15) is 17.8 Å². The average Bonchev–Trinajstić information content (AvgIpc) is 3.53. The van der Waals surface area contributed by atoms with Crippen LogP contribution < -0.4 is 20.7 Å². The van der Waals surface area contributed by atoms with Gasteiger partial charge in [0.25, 0.3) is 11.8 Å². The number of ether oxygens (including phenoxy) is 1. The molecular formula is C35H44N4O6S. The standard InChI is InChI=1S/C35H44N4O6S/c1-5-12-26(36-30(40)20-45-29-18-11-16-24-15-9-10-17-25(24)29)32(42)37-27(19-23-13-7-6-8-14-23)31(41)34(44)39-22-46-21-28(39)33(43)38-35(2,3)4/h6-11,13-18,26-28,31,41H,5,12,19-22H2,1-4H3,(H,36,40)(H,37,42)(H,38,43)/t26-,27-,28+,31-/m0/s1. The second kappa shape index (κ2) is 16.0. The number of aliphatic hydroxyl groups is 1. The minimum atomic E-state index is -1.62. The number of carbonyl (C=O) groups is 4. The second-order valence-electron chi connectivity index (χ2n) is 12.5. The Balaban J connectivity index is 1.46. The SMILES string of the molecule is CCC[C@H](NC(=O)COc1cccc2ccccc12)C(=O)N[C@@H](Cc1ccccc1)[C@H](O)C(=O)N1CSC[C@@H]1C(=O)NC(C)(C)C. The van der Waals surface area contributed by atoms with Gasteiger partial charge in [-0.1, -0.05) is 80.1 Å². The molecule has 3 aromatic rings. The molecule has 0 aliphatic carbocycles. The van der Waals surface area contributed by atoms with Gasteiger partial charge in [-0.15, -0.1) is 11.8 Å². The molecule has 4 atom stereocenters. The fourth-order valence-electron chi connectivity index (χ4n) is 5.32. The zero-order chi connectivity index (χ0) is 33.3. The number of hydrogen-bond acceptors (Lipinski definition) is 7. The van der Waals surface area contributed by atoms with Gasteiger partial charge in [-0.05, 0) is 50.6 Å². The summed E-state index contributed by atoms with van der Waals surface area (Å²) in [5, 5.41) is 21.8. The first-order valence-electron chi connectivity index (χ1n) is 15.6. The van der Waals surface area contributed by atoms with Crippen molar-refractivity contribution < 1.29 is 29.0 Å². The number of amides is 4. The van der Waals surface area contributed by atoms with Crippen LogP contribution in [0.25, 0.3) is 10.8 Å². The van der Waals surface area contributed by atoms with Crippen molar-refractivity contribution in [3.05, 3.63) is 78.4 Å². The Morgan fingerprint density at radius 1 is 0.978 bits per heavy atom. The zero-order valence-electron chi connectivity index (χ0n) is 26.8. The molecule has 46 heavy (non-hydrogen) atoms. The van der Waals surface area contributed by atoms with Crippen molar-refractivity contribution in [2.24, 2.45) is 0 Å². The van der Waals surface area contributed by atoms with E-state index in [2.05, 4.69) is 16.0 Å². The molecule has 1 aliphatic rings. The Kier molecular flexibility index (Phi) is 12.1. The van der Waals surface area contributed by atoms with Gasteiger partial charge in [-0.3, -0.25) is 19.2 Å². The normalized spacial score (nSPS) is 16.7. The summed E-state index contributed by atoms with van der Waals surface area (Å²) in [5.41, 5.74) is 0.317. The van der Waals surface area contributed by atoms with Gasteiger partial charge in [0.15, 0.2) is 12.7 Å². The van der Waals surface area contributed by atoms with Gasteiger partial charge >= 0.3 is 0 Å². The van der Waals surface area contributed by atoms with Gasteiger partial charge in [0.2, 0.25) is 11.8 Å². The first-order chi connectivity index (χ1) is 22.0. The van der Waals surface area contributed by atoms with E-state index >= 15 is 0 Å². The Morgan fingerprint density at radius 3 is 2.39 bits per heavy atom. The summed E-state index contributed by atoms with van der Waals surface area (Å²) in [6.45, 7) is 7.19. The maximum absolute atomic E-state index is 13.7. The Labute approximate surface area is 274 Å². The number of rotatable bonds is 13. The topological polar surface area (TPSA) is 137 Å². The quantitative estimate of drug-likeness (QED) is 0.223. The highest BCUT2D eigenvalue weighted by Crippen LogP contribution is 2.26. The largest absolute Gasteiger partial charge is 0.483 e. The van der Waals surface area contributed by atoms with E-state index < -0.39 is 47.5 Å². The summed E-state index contributed by atoms with van der Waals surface area (Å²) in [6.07, 6.45) is -0.522. The molecule has 4 amide bonds. The van der Waals surface area contributed by atoms with Crippen LogP contribution in [0.4, 0.5) is 0 Å². The van der Waals surface area contributed by atoms with Crippen LogP contribution in [0.5, 0.6) is 5.75 Å². The molecule has 0 spiro atoms. The van der Waals surface area contributed by atoms with Crippen LogP contribution in [-0.2, 0) is 25.6 Å². The van der Waals surface area contributed by atoms with Crippen LogP contribution in [0.2, 0.25) is 0 Å². The maximum Gasteiger partial charge on any atom is 0.258 e. The first kappa shape index (κ1) is 34.8. The van der Waals surface area contributed by atoms with E-state index in [4.69, 9.17) is 4.74 Å². The molecule has 246 valence electrons. The van der Waals surface area contributed by atoms with Crippen LogP contribution in [0.3, 0.4) is 0 Å². The fourth-order valence-corrected chi connectivity index (χ4v) is 6.49. The van der Waals surface area contributed by atoms with Gasteiger partial charge < -0.3 is 30.7 Å². The van der Waals surface area contributed by atoms with Crippen molar-refractivity contribution in [2.75, 3.05) is 18.2 Å². The minimum absolute atomic E-state index is 0.163. The number of fused-ring (bicyclic) bond motifs is 1. The number of thioether (sulfide) groups is 1. The fraction of sp³-hybridized carbons (Fsp3) is 0.429. The summed E-state index contributed by atoms with van der Waals surface area (Å²) in [4.78, 5) is 54.6. The Morgan fingerprint density at radius 2 is 1.67 bits per heavy atom. The smallest absolute Gasteiger partial charge is 0.258 e. The lowest BCUT2D eigenvalue weighted by molar-refractivity contribution is -0.147. The predicted octanol–water partition coefficient (Wildman–Crippen LogP) is 3.41. The number of hydrogen-bond donors (Lipinski definition) is 4. The molecule has 0 radical (unpaired) electrons. The van der Waals surface area contributed by atoms with E-state index in [0.717, 1.165) is 16.3 Å². The third-order valence-corrected chi connectivity index (χ3v) is 8.58. The number of nitrogens with one attached hydrogen (secondary N) is 3. The number of carbonyl (C=O) groups excluding carboxylic acids is 4. The average molecular weight is 649 g/mol. The molecule has 1 heterocycles. The summed E-state index contributed by atoms with van der Waals surface area (Å²) in [6, 6.07) is 19.8. The van der Waals surface area contributed by atoms with Gasteiger partial charge in [-0.25, -0.2) is 0 Å². The number of benzene rings is 3. The first-order valence-corrected chi connectivity index (χ1v) is 16.7. The van der Waals surface area contributed by atoms with Crippen LogP contribution in [0, 0.1) is 0 Å². The third kappa shape index (κ3) is 9.46.